The van der Waals surface area contributed by atoms with E-state index in [2.05, 4.69) is 0 Å². The Balaban J connectivity index is 2.05. The minimum Gasteiger partial charge on any atom is -0.377 e. The van der Waals surface area contributed by atoms with E-state index in [1.165, 1.54) is 15.6 Å². The number of hydrogen-bond donors (Lipinski definition) is 1. The summed E-state index contributed by atoms with van der Waals surface area (Å²) in [5.41, 5.74) is 5.51. The van der Waals surface area contributed by atoms with Gasteiger partial charge in [-0.1, -0.05) is 0 Å². The van der Waals surface area contributed by atoms with Crippen LogP contribution in [0.25, 0.3) is 0 Å². The summed E-state index contributed by atoms with van der Waals surface area (Å²) in [5, 5.41) is 1.65. The van der Waals surface area contributed by atoms with Crippen molar-refractivity contribution in [2.75, 3.05) is 20.2 Å². The second-order valence-corrected chi connectivity index (χ2v) is 7.77. The Bertz CT molecular complexity index is 507. The predicted octanol–water partition coefficient (Wildman–Crippen LogP) is 1.40. The second kappa shape index (κ2) is 6.32. The van der Waals surface area contributed by atoms with Gasteiger partial charge in [0, 0.05) is 37.0 Å². The number of hydrogen-bond acceptors (Lipinski definition) is 5. The lowest BCUT2D eigenvalue weighted by molar-refractivity contribution is 0.00859. The smallest absolute Gasteiger partial charge is 0.243 e. The van der Waals surface area contributed by atoms with E-state index in [1.807, 2.05) is 0 Å². The Kier molecular flexibility index (Phi) is 4.97. The number of rotatable bonds is 5. The minimum absolute atomic E-state index is 0.0149. The van der Waals surface area contributed by atoms with Gasteiger partial charge < -0.3 is 10.5 Å². The largest absolute Gasteiger partial charge is 0.377 e. The molecule has 0 aromatic carbocycles. The van der Waals surface area contributed by atoms with Crippen LogP contribution in [-0.2, 0) is 21.3 Å². The lowest BCUT2D eigenvalue weighted by Crippen LogP contribution is -2.36. The molecule has 2 heterocycles. The Morgan fingerprint density at radius 1 is 1.53 bits per heavy atom. The van der Waals surface area contributed by atoms with E-state index in [0.29, 0.717) is 18.0 Å². The molecule has 1 unspecified atom stereocenters. The summed E-state index contributed by atoms with van der Waals surface area (Å²) in [7, 11) is -1.82. The van der Waals surface area contributed by atoms with Gasteiger partial charge in [0.15, 0.2) is 0 Å². The molecule has 0 spiro atoms. The molecule has 0 saturated carbocycles. The van der Waals surface area contributed by atoms with Crippen LogP contribution in [0.5, 0.6) is 0 Å². The van der Waals surface area contributed by atoms with Gasteiger partial charge in [-0.3, -0.25) is 0 Å². The number of thiophene rings is 1. The molecular weight excluding hydrogens is 284 g/mol. The summed E-state index contributed by atoms with van der Waals surface area (Å²) < 4.78 is 31.7. The zero-order chi connectivity index (χ0) is 13.9. The van der Waals surface area contributed by atoms with Crippen molar-refractivity contribution >= 4 is 21.4 Å². The first-order chi connectivity index (χ1) is 9.04. The molecule has 1 aliphatic heterocycles. The molecule has 0 bridgehead atoms. The highest BCUT2D eigenvalue weighted by molar-refractivity contribution is 7.89. The average molecular weight is 304 g/mol. The van der Waals surface area contributed by atoms with Crippen molar-refractivity contribution in [3.63, 3.8) is 0 Å². The Morgan fingerprint density at radius 3 is 2.89 bits per heavy atom. The van der Waals surface area contributed by atoms with Gasteiger partial charge in [-0.2, -0.15) is 4.31 Å². The molecule has 19 heavy (non-hydrogen) atoms. The van der Waals surface area contributed by atoms with E-state index >= 15 is 0 Å². The fourth-order valence-corrected chi connectivity index (χ4v) is 4.46. The molecule has 1 aromatic rings. The SMILES string of the molecule is CN(CC1CCCCO1)S(=O)(=O)c1csc(CN)c1. The quantitative estimate of drug-likeness (QED) is 0.892. The van der Waals surface area contributed by atoms with E-state index < -0.39 is 10.0 Å². The molecule has 108 valence electrons. The molecule has 0 radical (unpaired) electrons. The maximum atomic E-state index is 12.4. The van der Waals surface area contributed by atoms with Crippen LogP contribution in [0.3, 0.4) is 0 Å². The summed E-state index contributed by atoms with van der Waals surface area (Å²) in [5.74, 6) is 0. The molecule has 0 aliphatic carbocycles. The fraction of sp³-hybridized carbons (Fsp3) is 0.667. The third kappa shape index (κ3) is 3.55. The molecule has 1 fully saturated rings. The van der Waals surface area contributed by atoms with Crippen molar-refractivity contribution in [1.82, 2.24) is 4.31 Å². The van der Waals surface area contributed by atoms with Crippen molar-refractivity contribution in [1.29, 1.82) is 0 Å². The first-order valence-corrected chi connectivity index (χ1v) is 8.71. The number of likely N-dealkylation sites (N-methyl/N-ethyl adjacent to an activating group) is 1. The highest BCUT2D eigenvalue weighted by Gasteiger charge is 2.26. The molecule has 7 heteroatoms. The summed E-state index contributed by atoms with van der Waals surface area (Å²) >= 11 is 1.38. The molecule has 1 aliphatic rings. The van der Waals surface area contributed by atoms with E-state index in [9.17, 15) is 8.42 Å². The molecule has 5 nitrogen and oxygen atoms in total. The molecule has 1 aromatic heterocycles. The highest BCUT2D eigenvalue weighted by Crippen LogP contribution is 2.23. The van der Waals surface area contributed by atoms with Crippen molar-refractivity contribution in [3.8, 4) is 0 Å². The third-order valence-electron chi connectivity index (χ3n) is 3.27. The monoisotopic (exact) mass is 304 g/mol. The minimum atomic E-state index is -3.42. The second-order valence-electron chi connectivity index (χ2n) is 4.73. The highest BCUT2D eigenvalue weighted by atomic mass is 32.2. The molecule has 1 atom stereocenters. The molecule has 2 rings (SSSR count). The Hall–Kier alpha value is -0.470. The summed E-state index contributed by atoms with van der Waals surface area (Å²) in [6, 6.07) is 1.65. The third-order valence-corrected chi connectivity index (χ3v) is 6.18. The summed E-state index contributed by atoms with van der Waals surface area (Å²) in [6.07, 6.45) is 3.12. The van der Waals surface area contributed by atoms with Crippen LogP contribution in [-0.4, -0.2) is 39.0 Å². The molecular formula is C12H20N2O3S2. The molecule has 0 amide bonds. The number of nitrogens with two attached hydrogens (primary N) is 1. The van der Waals surface area contributed by atoms with Gasteiger partial charge in [0.25, 0.3) is 0 Å². The Labute approximate surface area is 118 Å². The average Bonchev–Trinajstić information content (AvgIpc) is 2.89. The number of ether oxygens (including phenoxy) is 1. The van der Waals surface area contributed by atoms with Crippen molar-refractivity contribution in [3.05, 3.63) is 16.3 Å². The van der Waals surface area contributed by atoms with E-state index in [4.69, 9.17) is 10.5 Å². The number of nitrogens with zero attached hydrogens (tertiary/aromatic N) is 1. The van der Waals surface area contributed by atoms with Gasteiger partial charge in [0.05, 0.1) is 11.0 Å². The van der Waals surface area contributed by atoms with Gasteiger partial charge in [-0.15, -0.1) is 11.3 Å². The standard InChI is InChI=1S/C12H20N2O3S2/c1-14(8-10-4-2-3-5-17-10)19(15,16)12-6-11(7-13)18-9-12/h6,9-10H,2-5,7-8,13H2,1H3. The maximum absolute atomic E-state index is 12.4. The van der Waals surface area contributed by atoms with Gasteiger partial charge in [0.2, 0.25) is 10.0 Å². The zero-order valence-electron chi connectivity index (χ0n) is 11.0. The van der Waals surface area contributed by atoms with Crippen molar-refractivity contribution < 1.29 is 13.2 Å². The van der Waals surface area contributed by atoms with Gasteiger partial charge >= 0.3 is 0 Å². The van der Waals surface area contributed by atoms with Crippen LogP contribution < -0.4 is 5.73 Å². The van der Waals surface area contributed by atoms with E-state index in [0.717, 1.165) is 30.7 Å². The maximum Gasteiger partial charge on any atom is 0.243 e. The lowest BCUT2D eigenvalue weighted by Gasteiger charge is -2.26. The lowest BCUT2D eigenvalue weighted by atomic mass is 10.1. The zero-order valence-corrected chi connectivity index (χ0v) is 12.7. The van der Waals surface area contributed by atoms with E-state index in [-0.39, 0.29) is 6.10 Å². The van der Waals surface area contributed by atoms with Crippen LogP contribution in [0, 0.1) is 0 Å². The topological polar surface area (TPSA) is 72.6 Å². The van der Waals surface area contributed by atoms with Crippen LogP contribution in [0.2, 0.25) is 0 Å². The molecule has 1 saturated heterocycles. The van der Waals surface area contributed by atoms with Crippen molar-refractivity contribution in [2.24, 2.45) is 5.73 Å². The van der Waals surface area contributed by atoms with Gasteiger partial charge in [-0.25, -0.2) is 8.42 Å². The van der Waals surface area contributed by atoms with Crippen LogP contribution >= 0.6 is 11.3 Å². The predicted molar refractivity (Wildman–Crippen MR) is 75.6 cm³/mol. The molecule has 2 N–H and O–H groups in total. The fourth-order valence-electron chi connectivity index (χ4n) is 2.12. The van der Waals surface area contributed by atoms with Crippen molar-refractivity contribution in [2.45, 2.75) is 36.8 Å². The van der Waals surface area contributed by atoms with E-state index in [1.54, 1.807) is 18.5 Å². The van der Waals surface area contributed by atoms with Gasteiger partial charge in [0.1, 0.15) is 0 Å². The van der Waals surface area contributed by atoms with Gasteiger partial charge in [-0.05, 0) is 25.3 Å². The summed E-state index contributed by atoms with van der Waals surface area (Å²) in [4.78, 5) is 1.21. The Morgan fingerprint density at radius 2 is 2.32 bits per heavy atom. The first-order valence-electron chi connectivity index (χ1n) is 6.39. The van der Waals surface area contributed by atoms with Crippen LogP contribution in [0.1, 0.15) is 24.1 Å². The van der Waals surface area contributed by atoms with Crippen LogP contribution in [0.15, 0.2) is 16.3 Å². The van der Waals surface area contributed by atoms with Crippen LogP contribution in [0.4, 0.5) is 0 Å². The normalized spacial score (nSPS) is 20.9. The summed E-state index contributed by atoms with van der Waals surface area (Å²) in [6.45, 7) is 1.51. The first kappa shape index (κ1) is 14.9. The number of sulfonamides is 1.